The number of carbonyl (C=O) groups is 1. The van der Waals surface area contributed by atoms with E-state index in [0.717, 1.165) is 11.3 Å². The SMILES string of the molecule is COc1ccc([C@H]2C(C(=O)OC(C)C)=C(C)N=c3s/c(=C/c4ccccc4F)c(=O)n32)cc1. The van der Waals surface area contributed by atoms with Gasteiger partial charge in [0.05, 0.1) is 35.1 Å². The lowest BCUT2D eigenvalue weighted by Crippen LogP contribution is -2.40. The van der Waals surface area contributed by atoms with Gasteiger partial charge in [0.15, 0.2) is 4.80 Å². The molecule has 0 fully saturated rings. The Morgan fingerprint density at radius 3 is 2.52 bits per heavy atom. The zero-order valence-corrected chi connectivity index (χ0v) is 19.5. The summed E-state index contributed by atoms with van der Waals surface area (Å²) in [5.74, 6) is -0.305. The molecule has 0 aliphatic carbocycles. The molecule has 3 aromatic rings. The number of thiazole rings is 1. The van der Waals surface area contributed by atoms with Gasteiger partial charge in [0.1, 0.15) is 11.6 Å². The molecule has 0 N–H and O–H groups in total. The van der Waals surface area contributed by atoms with Crippen LogP contribution in [0.2, 0.25) is 0 Å². The fourth-order valence-corrected chi connectivity index (χ4v) is 4.73. The Kier molecular flexibility index (Phi) is 6.29. The minimum atomic E-state index is -0.735. The molecule has 0 saturated carbocycles. The summed E-state index contributed by atoms with van der Waals surface area (Å²) in [7, 11) is 1.57. The molecule has 1 aliphatic rings. The van der Waals surface area contributed by atoms with Gasteiger partial charge >= 0.3 is 5.97 Å². The molecule has 0 radical (unpaired) electrons. The molecule has 33 heavy (non-hydrogen) atoms. The zero-order valence-electron chi connectivity index (χ0n) is 18.7. The van der Waals surface area contributed by atoms with E-state index in [2.05, 4.69) is 4.99 Å². The molecule has 8 heteroatoms. The van der Waals surface area contributed by atoms with Crippen molar-refractivity contribution in [3.05, 3.63) is 96.4 Å². The van der Waals surface area contributed by atoms with Crippen LogP contribution in [-0.4, -0.2) is 23.8 Å². The number of benzene rings is 2. The Labute approximate surface area is 193 Å². The number of esters is 1. The van der Waals surface area contributed by atoms with Gasteiger partial charge in [0.2, 0.25) is 0 Å². The maximum Gasteiger partial charge on any atom is 0.338 e. The maximum absolute atomic E-state index is 14.2. The van der Waals surface area contributed by atoms with Gasteiger partial charge in [-0.25, -0.2) is 14.2 Å². The van der Waals surface area contributed by atoms with Crippen molar-refractivity contribution in [1.29, 1.82) is 0 Å². The molecule has 6 nitrogen and oxygen atoms in total. The Morgan fingerprint density at radius 1 is 1.18 bits per heavy atom. The van der Waals surface area contributed by atoms with E-state index in [0.29, 0.717) is 37.5 Å². The first-order valence-electron chi connectivity index (χ1n) is 10.4. The first kappa shape index (κ1) is 22.7. The summed E-state index contributed by atoms with van der Waals surface area (Å²) >= 11 is 1.15. The Hall–Kier alpha value is -3.52. The van der Waals surface area contributed by atoms with Crippen LogP contribution >= 0.6 is 11.3 Å². The topological polar surface area (TPSA) is 69.9 Å². The van der Waals surface area contributed by atoms with Gasteiger partial charge < -0.3 is 9.47 Å². The predicted molar refractivity (Wildman–Crippen MR) is 124 cm³/mol. The molecule has 2 aromatic carbocycles. The number of allylic oxidation sites excluding steroid dienone is 1. The first-order chi connectivity index (χ1) is 15.8. The molecule has 0 unspecified atom stereocenters. The van der Waals surface area contributed by atoms with E-state index in [1.165, 1.54) is 16.7 Å². The van der Waals surface area contributed by atoms with Crippen molar-refractivity contribution in [3.63, 3.8) is 0 Å². The second-order valence-corrected chi connectivity index (χ2v) is 8.84. The van der Waals surface area contributed by atoms with E-state index in [1.54, 1.807) is 70.3 Å². The van der Waals surface area contributed by atoms with E-state index >= 15 is 0 Å². The quantitative estimate of drug-likeness (QED) is 0.541. The van der Waals surface area contributed by atoms with Crippen molar-refractivity contribution in [3.8, 4) is 5.75 Å². The summed E-state index contributed by atoms with van der Waals surface area (Å²) < 4.78 is 26.7. The minimum Gasteiger partial charge on any atom is -0.497 e. The molecule has 0 saturated heterocycles. The van der Waals surface area contributed by atoms with Crippen LogP contribution in [0.15, 0.2) is 69.6 Å². The number of carbonyl (C=O) groups excluding carboxylic acids is 1. The number of aromatic nitrogens is 1. The summed E-state index contributed by atoms with van der Waals surface area (Å²) in [4.78, 5) is 31.5. The predicted octanol–water partition coefficient (Wildman–Crippen LogP) is 3.33. The summed E-state index contributed by atoms with van der Waals surface area (Å²) in [5.41, 5.74) is 1.42. The lowest BCUT2D eigenvalue weighted by Gasteiger charge is -2.25. The van der Waals surface area contributed by atoms with Gasteiger partial charge in [-0.2, -0.15) is 0 Å². The van der Waals surface area contributed by atoms with Crippen molar-refractivity contribution >= 4 is 23.4 Å². The van der Waals surface area contributed by atoms with E-state index in [1.807, 2.05) is 0 Å². The van der Waals surface area contributed by atoms with Crippen LogP contribution in [0.4, 0.5) is 4.39 Å². The maximum atomic E-state index is 14.2. The highest BCUT2D eigenvalue weighted by atomic mass is 32.1. The minimum absolute atomic E-state index is 0.290. The number of hydrogen-bond acceptors (Lipinski definition) is 6. The summed E-state index contributed by atoms with van der Waals surface area (Å²) in [6.07, 6.45) is 1.18. The van der Waals surface area contributed by atoms with Crippen LogP contribution in [0.5, 0.6) is 5.75 Å². The average molecular weight is 467 g/mol. The van der Waals surface area contributed by atoms with E-state index in [-0.39, 0.29) is 11.7 Å². The molecule has 170 valence electrons. The highest BCUT2D eigenvalue weighted by molar-refractivity contribution is 7.07. The molecule has 2 heterocycles. The van der Waals surface area contributed by atoms with Crippen LogP contribution in [0.25, 0.3) is 6.08 Å². The molecule has 0 spiro atoms. The summed E-state index contributed by atoms with van der Waals surface area (Å²) in [6.45, 7) is 5.25. The van der Waals surface area contributed by atoms with Crippen molar-refractivity contribution in [2.24, 2.45) is 4.99 Å². The van der Waals surface area contributed by atoms with Gasteiger partial charge in [-0.1, -0.05) is 41.7 Å². The number of rotatable bonds is 5. The van der Waals surface area contributed by atoms with Gasteiger partial charge in [-0.15, -0.1) is 0 Å². The summed E-state index contributed by atoms with van der Waals surface area (Å²) in [6, 6.07) is 12.7. The largest absolute Gasteiger partial charge is 0.497 e. The molecule has 1 aromatic heterocycles. The number of ether oxygens (including phenoxy) is 2. The fraction of sp³-hybridized carbons (Fsp3) is 0.240. The summed E-state index contributed by atoms with van der Waals surface area (Å²) in [5, 5.41) is 0. The number of nitrogens with zero attached hydrogens (tertiary/aromatic N) is 2. The third-order valence-corrected chi connectivity index (χ3v) is 6.19. The average Bonchev–Trinajstić information content (AvgIpc) is 3.08. The van der Waals surface area contributed by atoms with Gasteiger partial charge in [0.25, 0.3) is 5.56 Å². The molecular weight excluding hydrogens is 443 g/mol. The van der Waals surface area contributed by atoms with Crippen LogP contribution in [0.3, 0.4) is 0 Å². The molecule has 1 aliphatic heterocycles. The van der Waals surface area contributed by atoms with Crippen LogP contribution in [-0.2, 0) is 9.53 Å². The fourth-order valence-electron chi connectivity index (χ4n) is 3.70. The highest BCUT2D eigenvalue weighted by Crippen LogP contribution is 2.31. The number of fused-ring (bicyclic) bond motifs is 1. The van der Waals surface area contributed by atoms with Crippen LogP contribution in [0, 0.1) is 5.82 Å². The first-order valence-corrected chi connectivity index (χ1v) is 11.2. The second-order valence-electron chi connectivity index (χ2n) is 7.83. The molecule has 4 rings (SSSR count). The highest BCUT2D eigenvalue weighted by Gasteiger charge is 2.33. The second kappa shape index (κ2) is 9.15. The van der Waals surface area contributed by atoms with E-state index in [9.17, 15) is 14.0 Å². The van der Waals surface area contributed by atoms with Crippen molar-refractivity contribution in [1.82, 2.24) is 4.57 Å². The van der Waals surface area contributed by atoms with Gasteiger partial charge in [-0.3, -0.25) is 9.36 Å². The number of halogens is 1. The lowest BCUT2D eigenvalue weighted by atomic mass is 9.96. The van der Waals surface area contributed by atoms with Crippen molar-refractivity contribution in [2.45, 2.75) is 32.9 Å². The Bertz CT molecular complexity index is 1420. The number of hydrogen-bond donors (Lipinski definition) is 0. The van der Waals surface area contributed by atoms with Gasteiger partial charge in [-0.05, 0) is 50.6 Å². The van der Waals surface area contributed by atoms with Crippen molar-refractivity contribution < 1.29 is 18.7 Å². The Balaban J connectivity index is 1.95. The van der Waals surface area contributed by atoms with E-state index < -0.39 is 17.8 Å². The molecule has 1 atom stereocenters. The standard InChI is InChI=1S/C25H23FN2O4S/c1-14(2)32-24(30)21-15(3)27-25-28(22(21)16-9-11-18(31-4)12-10-16)23(29)20(33-25)13-17-7-5-6-8-19(17)26/h5-14,22H,1-4H3/b20-13+/t22-/m0/s1. The van der Waals surface area contributed by atoms with E-state index in [4.69, 9.17) is 9.47 Å². The monoisotopic (exact) mass is 466 g/mol. The zero-order chi connectivity index (χ0) is 23.7. The lowest BCUT2D eigenvalue weighted by molar-refractivity contribution is -0.143. The Morgan fingerprint density at radius 2 is 1.88 bits per heavy atom. The van der Waals surface area contributed by atoms with Gasteiger partial charge in [0, 0.05) is 5.56 Å². The molecular formula is C25H23FN2O4S. The normalized spacial score (nSPS) is 15.9. The molecule has 0 bridgehead atoms. The van der Waals surface area contributed by atoms with Crippen LogP contribution < -0.4 is 19.6 Å². The number of methoxy groups -OCH3 is 1. The molecule has 0 amide bonds. The third kappa shape index (κ3) is 4.39. The van der Waals surface area contributed by atoms with Crippen LogP contribution in [0.1, 0.15) is 37.9 Å². The third-order valence-electron chi connectivity index (χ3n) is 5.21. The van der Waals surface area contributed by atoms with Crippen molar-refractivity contribution in [2.75, 3.05) is 7.11 Å². The smallest absolute Gasteiger partial charge is 0.338 e.